The number of hydrogen-bond acceptors (Lipinski definition) is 4. The van der Waals surface area contributed by atoms with E-state index in [0.717, 1.165) is 10.0 Å². The molecule has 0 bridgehead atoms. The van der Waals surface area contributed by atoms with Crippen molar-refractivity contribution < 1.29 is 9.53 Å². The van der Waals surface area contributed by atoms with Gasteiger partial charge in [0.1, 0.15) is 6.61 Å². The molecule has 19 heavy (non-hydrogen) atoms. The maximum Gasteiger partial charge on any atom is 0.265 e. The third-order valence-electron chi connectivity index (χ3n) is 2.52. The van der Waals surface area contributed by atoms with Gasteiger partial charge in [-0.2, -0.15) is 5.10 Å². The summed E-state index contributed by atoms with van der Waals surface area (Å²) in [4.78, 5) is 11.4. The minimum absolute atomic E-state index is 0.333. The highest BCUT2D eigenvalue weighted by molar-refractivity contribution is 9.10. The topological polar surface area (TPSA) is 82.2 Å². The molecule has 0 saturated carbocycles. The minimum atomic E-state index is -0.333. The zero-order valence-electron chi connectivity index (χ0n) is 10.3. The average molecular weight is 325 g/mol. The fourth-order valence-electron chi connectivity index (χ4n) is 1.52. The number of rotatable bonds is 4. The first-order valence-corrected chi connectivity index (χ1v) is 6.30. The van der Waals surface area contributed by atoms with Gasteiger partial charge < -0.3 is 4.74 Å². The highest BCUT2D eigenvalue weighted by Gasteiger charge is 2.08. The second-order valence-electron chi connectivity index (χ2n) is 3.92. The number of aryl methyl sites for hydroxylation is 1. The number of hydrogen-bond donors (Lipinski definition) is 2. The summed E-state index contributed by atoms with van der Waals surface area (Å²) < 4.78 is 8.04. The van der Waals surface area contributed by atoms with Crippen molar-refractivity contribution in [3.05, 3.63) is 46.2 Å². The number of carbonyl (C=O) groups excluding carboxylic acids is 1. The van der Waals surface area contributed by atoms with Gasteiger partial charge in [0, 0.05) is 22.6 Å². The van der Waals surface area contributed by atoms with Crippen molar-refractivity contribution in [2.75, 3.05) is 0 Å². The van der Waals surface area contributed by atoms with Crippen molar-refractivity contribution in [1.82, 2.24) is 15.2 Å². The lowest BCUT2D eigenvalue weighted by Gasteiger charge is -2.07. The minimum Gasteiger partial charge on any atom is -0.486 e. The van der Waals surface area contributed by atoms with Crippen LogP contribution in [0.3, 0.4) is 0 Å². The van der Waals surface area contributed by atoms with Crippen LogP contribution >= 0.6 is 15.9 Å². The Bertz CT molecular complexity index is 597. The summed E-state index contributed by atoms with van der Waals surface area (Å²) in [6.07, 6.45) is 3.42. The third-order valence-corrected chi connectivity index (χ3v) is 3.26. The van der Waals surface area contributed by atoms with Gasteiger partial charge in [-0.1, -0.05) is 22.0 Å². The summed E-state index contributed by atoms with van der Waals surface area (Å²) in [5.41, 5.74) is 3.50. The molecule has 0 aliphatic carbocycles. The van der Waals surface area contributed by atoms with E-state index in [1.54, 1.807) is 29.2 Å². The van der Waals surface area contributed by atoms with Crippen LogP contribution in [0.2, 0.25) is 0 Å². The van der Waals surface area contributed by atoms with E-state index in [9.17, 15) is 4.79 Å². The maximum atomic E-state index is 11.4. The van der Waals surface area contributed by atoms with Gasteiger partial charge >= 0.3 is 0 Å². The van der Waals surface area contributed by atoms with Gasteiger partial charge in [0.25, 0.3) is 5.91 Å². The van der Waals surface area contributed by atoms with Crippen molar-refractivity contribution in [2.24, 2.45) is 12.9 Å². The molecule has 1 heterocycles. The maximum absolute atomic E-state index is 11.4. The molecular weight excluding hydrogens is 312 g/mol. The van der Waals surface area contributed by atoms with Crippen molar-refractivity contribution in [1.29, 1.82) is 0 Å². The SMILES string of the molecule is Cn1cc(OCc2ccc(C(=O)NN)cc2Br)cn1. The Balaban J connectivity index is 2.07. The zero-order chi connectivity index (χ0) is 13.8. The molecule has 0 unspecified atom stereocenters. The summed E-state index contributed by atoms with van der Waals surface area (Å²) in [6.45, 7) is 0.386. The van der Waals surface area contributed by atoms with Crippen LogP contribution in [-0.4, -0.2) is 15.7 Å². The summed E-state index contributed by atoms with van der Waals surface area (Å²) >= 11 is 3.40. The number of nitrogens with zero attached hydrogens (tertiary/aromatic N) is 2. The van der Waals surface area contributed by atoms with Crippen LogP contribution in [0.4, 0.5) is 0 Å². The quantitative estimate of drug-likeness (QED) is 0.505. The van der Waals surface area contributed by atoms with E-state index < -0.39 is 0 Å². The van der Waals surface area contributed by atoms with E-state index in [2.05, 4.69) is 26.5 Å². The van der Waals surface area contributed by atoms with E-state index >= 15 is 0 Å². The number of nitrogens with one attached hydrogen (secondary N) is 1. The number of aromatic nitrogens is 2. The summed E-state index contributed by atoms with van der Waals surface area (Å²) in [7, 11) is 1.82. The Labute approximate surface area is 118 Å². The number of benzene rings is 1. The van der Waals surface area contributed by atoms with Crippen LogP contribution in [-0.2, 0) is 13.7 Å². The van der Waals surface area contributed by atoms with Crippen LogP contribution in [0.5, 0.6) is 5.75 Å². The molecule has 0 atom stereocenters. The molecule has 0 fully saturated rings. The van der Waals surface area contributed by atoms with Gasteiger partial charge in [-0.05, 0) is 12.1 Å². The van der Waals surface area contributed by atoms with E-state index in [1.165, 1.54) is 0 Å². The smallest absolute Gasteiger partial charge is 0.265 e. The van der Waals surface area contributed by atoms with E-state index in [4.69, 9.17) is 10.6 Å². The first-order chi connectivity index (χ1) is 9.10. The van der Waals surface area contributed by atoms with Crippen LogP contribution in [0.1, 0.15) is 15.9 Å². The second-order valence-corrected chi connectivity index (χ2v) is 4.77. The van der Waals surface area contributed by atoms with Crippen LogP contribution < -0.4 is 16.0 Å². The van der Waals surface area contributed by atoms with Crippen LogP contribution in [0.15, 0.2) is 35.1 Å². The van der Waals surface area contributed by atoms with Crippen molar-refractivity contribution >= 4 is 21.8 Å². The molecule has 0 spiro atoms. The molecule has 1 aromatic carbocycles. The lowest BCUT2D eigenvalue weighted by Crippen LogP contribution is -2.29. The normalized spacial score (nSPS) is 10.3. The summed E-state index contributed by atoms with van der Waals surface area (Å²) in [5, 5.41) is 4.01. The Kier molecular flexibility index (Phi) is 4.18. The van der Waals surface area contributed by atoms with Gasteiger partial charge in [0.05, 0.1) is 12.4 Å². The fourth-order valence-corrected chi connectivity index (χ4v) is 2.02. The molecule has 0 aliphatic heterocycles. The Morgan fingerprint density at radius 3 is 2.95 bits per heavy atom. The van der Waals surface area contributed by atoms with E-state index in [1.807, 2.05) is 13.1 Å². The zero-order valence-corrected chi connectivity index (χ0v) is 11.8. The molecule has 3 N–H and O–H groups in total. The van der Waals surface area contributed by atoms with Crippen molar-refractivity contribution in [3.63, 3.8) is 0 Å². The second kappa shape index (κ2) is 5.85. The van der Waals surface area contributed by atoms with Gasteiger partial charge in [0.15, 0.2) is 5.75 Å². The fraction of sp³-hybridized carbons (Fsp3) is 0.167. The number of ether oxygens (including phenoxy) is 1. The monoisotopic (exact) mass is 324 g/mol. The number of nitrogens with two attached hydrogens (primary N) is 1. The van der Waals surface area contributed by atoms with E-state index in [0.29, 0.717) is 17.9 Å². The first-order valence-electron chi connectivity index (χ1n) is 5.51. The molecule has 2 aromatic rings. The predicted octanol–water partition coefficient (Wildman–Crippen LogP) is 1.37. The largest absolute Gasteiger partial charge is 0.486 e. The molecule has 2 rings (SSSR count). The van der Waals surface area contributed by atoms with Gasteiger partial charge in [0.2, 0.25) is 0 Å². The summed E-state index contributed by atoms with van der Waals surface area (Å²) in [6, 6.07) is 5.20. The molecule has 100 valence electrons. The number of carbonyl (C=O) groups is 1. The molecule has 1 amide bonds. The summed E-state index contributed by atoms with van der Waals surface area (Å²) in [5.74, 6) is 5.44. The van der Waals surface area contributed by atoms with Gasteiger partial charge in [-0.3, -0.25) is 14.9 Å². The Morgan fingerprint density at radius 1 is 1.58 bits per heavy atom. The lowest BCUT2D eigenvalue weighted by molar-refractivity contribution is 0.0953. The molecular formula is C12H13BrN4O2. The highest BCUT2D eigenvalue weighted by atomic mass is 79.9. The molecule has 0 saturated heterocycles. The highest BCUT2D eigenvalue weighted by Crippen LogP contribution is 2.20. The van der Waals surface area contributed by atoms with Crippen LogP contribution in [0, 0.1) is 0 Å². The Morgan fingerprint density at radius 2 is 2.37 bits per heavy atom. The van der Waals surface area contributed by atoms with Gasteiger partial charge in [-0.15, -0.1) is 0 Å². The standard InChI is InChI=1S/C12H13BrN4O2/c1-17-6-10(5-15-17)19-7-9-3-2-8(4-11(9)13)12(18)16-14/h2-6H,7,14H2,1H3,(H,16,18). The molecule has 0 radical (unpaired) electrons. The average Bonchev–Trinajstić information content (AvgIpc) is 2.82. The van der Waals surface area contributed by atoms with Crippen LogP contribution in [0.25, 0.3) is 0 Å². The number of nitrogen functional groups attached to an aromatic ring is 1. The first kappa shape index (κ1) is 13.6. The number of hydrazine groups is 1. The molecule has 0 aliphatic rings. The predicted molar refractivity (Wildman–Crippen MR) is 73.3 cm³/mol. The van der Waals surface area contributed by atoms with Crippen molar-refractivity contribution in [2.45, 2.75) is 6.61 Å². The number of halogens is 1. The molecule has 7 heteroatoms. The van der Waals surface area contributed by atoms with Gasteiger partial charge in [-0.25, -0.2) is 5.84 Å². The lowest BCUT2D eigenvalue weighted by atomic mass is 10.1. The molecule has 1 aromatic heterocycles. The number of amides is 1. The van der Waals surface area contributed by atoms with E-state index in [-0.39, 0.29) is 5.91 Å². The third kappa shape index (κ3) is 3.33. The molecule has 6 nitrogen and oxygen atoms in total. The Hall–Kier alpha value is -1.86. The van der Waals surface area contributed by atoms with Crippen molar-refractivity contribution in [3.8, 4) is 5.75 Å².